The van der Waals surface area contributed by atoms with Crippen molar-refractivity contribution in [1.29, 1.82) is 0 Å². The van der Waals surface area contributed by atoms with Crippen LogP contribution in [0.25, 0.3) is 0 Å². The summed E-state index contributed by atoms with van der Waals surface area (Å²) in [4.78, 5) is 37.1. The fraction of sp³-hybridized carbons (Fsp3) is 0.182. The van der Waals surface area contributed by atoms with Crippen molar-refractivity contribution in [2.24, 2.45) is 0 Å². The summed E-state index contributed by atoms with van der Waals surface area (Å²) in [5.41, 5.74) is 2.31. The lowest BCUT2D eigenvalue weighted by atomic mass is 10.2. The number of carbonyl (C=O) groups is 3. The van der Waals surface area contributed by atoms with Gasteiger partial charge in [0.25, 0.3) is 11.8 Å². The van der Waals surface area contributed by atoms with Gasteiger partial charge in [0, 0.05) is 5.56 Å². The molecule has 0 aliphatic rings. The third-order valence-corrected chi connectivity index (χ3v) is 1.83. The Bertz CT molecular complexity index is 432. The highest BCUT2D eigenvalue weighted by Gasteiger charge is 2.07. The molecule has 0 fully saturated rings. The van der Waals surface area contributed by atoms with Crippen LogP contribution in [0.1, 0.15) is 10.4 Å². The van der Waals surface area contributed by atoms with E-state index in [4.69, 9.17) is 5.11 Å². The molecule has 0 aliphatic heterocycles. The molecule has 0 unspecified atom stereocenters. The molecule has 0 bridgehead atoms. The van der Waals surface area contributed by atoms with Crippen molar-refractivity contribution in [3.05, 3.63) is 35.9 Å². The molecule has 0 saturated heterocycles. The van der Waals surface area contributed by atoms with Crippen LogP contribution in [0.3, 0.4) is 0 Å². The molecule has 0 heterocycles. The summed E-state index contributed by atoms with van der Waals surface area (Å²) in [6, 6.07) is 8.38. The van der Waals surface area contributed by atoms with Gasteiger partial charge in [0.1, 0.15) is 0 Å². The minimum atomic E-state index is -1.20. The highest BCUT2D eigenvalue weighted by atomic mass is 16.7. The van der Waals surface area contributed by atoms with Gasteiger partial charge in [-0.15, -0.1) is 0 Å². The summed E-state index contributed by atoms with van der Waals surface area (Å²) in [5, 5.41) is 10.6. The molecule has 0 saturated carbocycles. The fourth-order valence-corrected chi connectivity index (χ4v) is 1.07. The molecule has 0 radical (unpaired) electrons. The van der Waals surface area contributed by atoms with Crippen LogP contribution in [0.15, 0.2) is 30.3 Å². The van der Waals surface area contributed by atoms with Gasteiger partial charge in [-0.3, -0.25) is 14.4 Å². The molecule has 0 aliphatic carbocycles. The molecular weight excluding hydrogens is 240 g/mol. The zero-order valence-corrected chi connectivity index (χ0v) is 9.38. The van der Waals surface area contributed by atoms with Crippen LogP contribution in [0.2, 0.25) is 0 Å². The van der Waals surface area contributed by atoms with Gasteiger partial charge >= 0.3 is 5.97 Å². The first-order chi connectivity index (χ1) is 8.59. The number of benzene rings is 1. The third-order valence-electron chi connectivity index (χ3n) is 1.83. The minimum absolute atomic E-state index is 0.298. The maximum absolute atomic E-state index is 11.5. The molecule has 0 spiro atoms. The minimum Gasteiger partial charge on any atom is -0.479 e. The molecule has 0 aromatic heterocycles. The quantitative estimate of drug-likeness (QED) is 0.595. The van der Waals surface area contributed by atoms with E-state index in [1.165, 1.54) is 0 Å². The van der Waals surface area contributed by atoms with Gasteiger partial charge in [0.2, 0.25) is 0 Å². The summed E-state index contributed by atoms with van der Waals surface area (Å²) >= 11 is 0. The van der Waals surface area contributed by atoms with E-state index in [-0.39, 0.29) is 6.54 Å². The van der Waals surface area contributed by atoms with E-state index in [0.717, 1.165) is 0 Å². The number of carbonyl (C=O) groups excluding carboxylic acids is 2. The lowest BCUT2D eigenvalue weighted by molar-refractivity contribution is -0.148. The average molecular weight is 252 g/mol. The Labute approximate surface area is 103 Å². The van der Waals surface area contributed by atoms with Gasteiger partial charge in [0.05, 0.1) is 6.54 Å². The van der Waals surface area contributed by atoms with Gasteiger partial charge in [-0.2, -0.15) is 0 Å². The first kappa shape index (κ1) is 13.7. The number of rotatable bonds is 6. The fourth-order valence-electron chi connectivity index (χ4n) is 1.07. The molecule has 3 N–H and O–H groups in total. The molecule has 96 valence electrons. The number of hydrogen-bond acceptors (Lipinski definition) is 4. The van der Waals surface area contributed by atoms with E-state index in [1.807, 2.05) is 5.48 Å². The van der Waals surface area contributed by atoms with Gasteiger partial charge in [-0.1, -0.05) is 18.2 Å². The Morgan fingerprint density at radius 2 is 1.83 bits per heavy atom. The van der Waals surface area contributed by atoms with Gasteiger partial charge < -0.3 is 10.4 Å². The van der Waals surface area contributed by atoms with Gasteiger partial charge in [-0.05, 0) is 12.1 Å². The van der Waals surface area contributed by atoms with Crippen LogP contribution in [0, 0.1) is 0 Å². The largest absolute Gasteiger partial charge is 0.479 e. The van der Waals surface area contributed by atoms with Crippen molar-refractivity contribution < 1.29 is 24.3 Å². The van der Waals surface area contributed by atoms with Gasteiger partial charge in [-0.25, -0.2) is 10.3 Å². The topological polar surface area (TPSA) is 105 Å². The number of nitrogens with one attached hydrogen (secondary N) is 2. The highest BCUT2D eigenvalue weighted by molar-refractivity contribution is 5.96. The van der Waals surface area contributed by atoms with Crippen molar-refractivity contribution in [3.63, 3.8) is 0 Å². The Kier molecular flexibility index (Phi) is 5.33. The highest BCUT2D eigenvalue weighted by Crippen LogP contribution is 1.96. The molecule has 1 rings (SSSR count). The Morgan fingerprint density at radius 3 is 2.44 bits per heavy atom. The second-order valence-electron chi connectivity index (χ2n) is 3.26. The zero-order chi connectivity index (χ0) is 13.4. The SMILES string of the molecule is O=C(O)CONC(=O)CNC(=O)c1ccccc1. The second kappa shape index (κ2) is 7.02. The molecule has 0 atom stereocenters. The normalized spacial score (nSPS) is 9.56. The van der Waals surface area contributed by atoms with Gasteiger partial charge in [0.15, 0.2) is 6.61 Å². The average Bonchev–Trinajstić information content (AvgIpc) is 2.36. The predicted octanol–water partition coefficient (Wildman–Crippen LogP) is -0.451. The number of hydrogen-bond donors (Lipinski definition) is 3. The standard InChI is InChI=1S/C11H12N2O5/c14-9(13-18-7-10(15)16)6-12-11(17)8-4-2-1-3-5-8/h1-5H,6-7H2,(H,12,17)(H,13,14)(H,15,16). The molecule has 1 aromatic carbocycles. The molecule has 2 amide bonds. The van der Waals surface area contributed by atoms with E-state index >= 15 is 0 Å². The smallest absolute Gasteiger partial charge is 0.332 e. The first-order valence-corrected chi connectivity index (χ1v) is 5.05. The molecule has 1 aromatic rings. The molecular formula is C11H12N2O5. The van der Waals surface area contributed by atoms with Crippen molar-refractivity contribution in [2.45, 2.75) is 0 Å². The Morgan fingerprint density at radius 1 is 1.17 bits per heavy atom. The predicted molar refractivity (Wildman–Crippen MR) is 60.5 cm³/mol. The number of hydroxylamine groups is 1. The summed E-state index contributed by atoms with van der Waals surface area (Å²) in [6.45, 7) is -0.939. The van der Waals surface area contributed by atoms with Crippen LogP contribution in [-0.2, 0) is 14.4 Å². The molecule has 7 heteroatoms. The van der Waals surface area contributed by atoms with Crippen LogP contribution in [0.4, 0.5) is 0 Å². The van der Waals surface area contributed by atoms with Crippen molar-refractivity contribution in [2.75, 3.05) is 13.2 Å². The van der Waals surface area contributed by atoms with E-state index < -0.39 is 24.4 Å². The number of carboxylic acid groups (broad SMARTS) is 1. The van der Waals surface area contributed by atoms with Crippen LogP contribution in [0.5, 0.6) is 0 Å². The lowest BCUT2D eigenvalue weighted by Gasteiger charge is -2.05. The summed E-state index contributed by atoms with van der Waals surface area (Å²) in [7, 11) is 0. The summed E-state index contributed by atoms with van der Waals surface area (Å²) < 4.78 is 0. The van der Waals surface area contributed by atoms with Crippen LogP contribution < -0.4 is 10.8 Å². The monoisotopic (exact) mass is 252 g/mol. The van der Waals surface area contributed by atoms with Crippen molar-refractivity contribution in [1.82, 2.24) is 10.8 Å². The second-order valence-corrected chi connectivity index (χ2v) is 3.26. The van der Waals surface area contributed by atoms with Crippen molar-refractivity contribution in [3.8, 4) is 0 Å². The number of aliphatic carboxylic acids is 1. The Hall–Kier alpha value is -2.41. The number of carboxylic acids is 1. The first-order valence-electron chi connectivity index (χ1n) is 5.05. The summed E-state index contributed by atoms with van der Waals surface area (Å²) in [6.07, 6.45) is 0. The van der Waals surface area contributed by atoms with E-state index in [0.29, 0.717) is 5.56 Å². The Balaban J connectivity index is 2.26. The van der Waals surface area contributed by atoms with Crippen molar-refractivity contribution >= 4 is 17.8 Å². The van der Waals surface area contributed by atoms with E-state index in [1.54, 1.807) is 30.3 Å². The molecule has 7 nitrogen and oxygen atoms in total. The van der Waals surface area contributed by atoms with E-state index in [2.05, 4.69) is 10.2 Å². The maximum atomic E-state index is 11.5. The molecule has 18 heavy (non-hydrogen) atoms. The maximum Gasteiger partial charge on any atom is 0.332 e. The third kappa shape index (κ3) is 5.08. The zero-order valence-electron chi connectivity index (χ0n) is 9.38. The van der Waals surface area contributed by atoms with Crippen LogP contribution in [-0.4, -0.2) is 36.0 Å². The lowest BCUT2D eigenvalue weighted by Crippen LogP contribution is -2.37. The summed E-state index contributed by atoms with van der Waals surface area (Å²) in [5.74, 6) is -2.24. The van der Waals surface area contributed by atoms with Crippen LogP contribution >= 0.6 is 0 Å². The number of amides is 2. The van der Waals surface area contributed by atoms with E-state index in [9.17, 15) is 14.4 Å².